The van der Waals surface area contributed by atoms with Crippen LogP contribution in [-0.4, -0.2) is 17.6 Å². The van der Waals surface area contributed by atoms with Crippen LogP contribution in [0.3, 0.4) is 0 Å². The molecule has 2 rings (SSSR count). The molecule has 5 heteroatoms. The summed E-state index contributed by atoms with van der Waals surface area (Å²) in [4.78, 5) is 5.13. The Morgan fingerprint density at radius 2 is 1.94 bits per heavy atom. The molecule has 0 aromatic carbocycles. The lowest BCUT2D eigenvalue weighted by Gasteiger charge is -2.25. The highest BCUT2D eigenvalue weighted by atomic mass is 19.2. The monoisotopic (exact) mass is 244 g/mol. The number of rotatable bonds is 4. The molecule has 1 aromatic rings. The Labute approximate surface area is 98.5 Å². The topological polar surface area (TPSA) is 16.1 Å². The minimum atomic E-state index is -1.24. The lowest BCUT2D eigenvalue weighted by atomic mass is 10.2. The van der Waals surface area contributed by atoms with Crippen LogP contribution in [-0.2, 0) is 0 Å². The summed E-state index contributed by atoms with van der Waals surface area (Å²) in [6, 6.07) is 0.775. The molecule has 17 heavy (non-hydrogen) atoms. The normalized spacial score (nSPS) is 15.4. The zero-order valence-corrected chi connectivity index (χ0v) is 9.88. The largest absolute Gasteiger partial charge is 0.351 e. The Bertz CT molecular complexity index is 416. The number of nitrogens with zero attached hydrogens (tertiary/aromatic N) is 2. The molecular formula is C12H15F3N2. The van der Waals surface area contributed by atoms with E-state index in [1.165, 1.54) is 0 Å². The molecule has 1 aliphatic rings. The Morgan fingerprint density at radius 3 is 2.47 bits per heavy atom. The van der Waals surface area contributed by atoms with E-state index in [1.54, 1.807) is 4.90 Å². The van der Waals surface area contributed by atoms with Crippen LogP contribution in [0.5, 0.6) is 0 Å². The van der Waals surface area contributed by atoms with Gasteiger partial charge in [0.1, 0.15) is 0 Å². The molecular weight excluding hydrogens is 229 g/mol. The molecule has 0 bridgehead atoms. The molecule has 94 valence electrons. The van der Waals surface area contributed by atoms with Crippen LogP contribution in [0.15, 0.2) is 6.07 Å². The second-order valence-corrected chi connectivity index (χ2v) is 4.84. The van der Waals surface area contributed by atoms with Gasteiger partial charge in [0.25, 0.3) is 5.95 Å². The van der Waals surface area contributed by atoms with Crippen molar-refractivity contribution < 1.29 is 13.2 Å². The summed E-state index contributed by atoms with van der Waals surface area (Å²) in [7, 11) is 0. The van der Waals surface area contributed by atoms with Gasteiger partial charge in [-0.1, -0.05) is 13.8 Å². The lowest BCUT2D eigenvalue weighted by Crippen LogP contribution is -2.31. The first kappa shape index (κ1) is 12.2. The van der Waals surface area contributed by atoms with Gasteiger partial charge in [0, 0.05) is 18.7 Å². The Morgan fingerprint density at radius 1 is 1.29 bits per heavy atom. The third kappa shape index (κ3) is 2.70. The predicted octanol–water partition coefficient (Wildman–Crippen LogP) is 3.12. The van der Waals surface area contributed by atoms with Crippen LogP contribution in [0.25, 0.3) is 0 Å². The molecule has 0 spiro atoms. The van der Waals surface area contributed by atoms with E-state index in [1.807, 2.05) is 13.8 Å². The van der Waals surface area contributed by atoms with Crippen molar-refractivity contribution in [1.82, 2.24) is 4.98 Å². The lowest BCUT2D eigenvalue weighted by molar-refractivity contribution is 0.460. The summed E-state index contributed by atoms with van der Waals surface area (Å²) in [5, 5.41) is 0. The maximum atomic E-state index is 13.6. The van der Waals surface area contributed by atoms with Gasteiger partial charge in [-0.2, -0.15) is 9.37 Å². The fourth-order valence-corrected chi connectivity index (χ4v) is 1.82. The zero-order valence-electron chi connectivity index (χ0n) is 9.88. The Hall–Kier alpha value is -1.26. The number of aromatic nitrogens is 1. The average Bonchev–Trinajstić information content (AvgIpc) is 3.04. The number of hydrogen-bond donors (Lipinski definition) is 0. The van der Waals surface area contributed by atoms with Crippen LogP contribution < -0.4 is 4.90 Å². The zero-order chi connectivity index (χ0) is 12.6. The van der Waals surface area contributed by atoms with Crippen LogP contribution in [0, 0.1) is 23.5 Å². The standard InChI is InChI=1S/C12H15F3N2/c1-7(2)6-17(8-3-4-8)12-10(14)5-9(13)11(15)16-12/h5,7-8H,3-4,6H2,1-2H3. The van der Waals surface area contributed by atoms with Gasteiger partial charge in [-0.25, -0.2) is 8.78 Å². The van der Waals surface area contributed by atoms with Gasteiger partial charge in [0.05, 0.1) is 0 Å². The van der Waals surface area contributed by atoms with E-state index in [0.717, 1.165) is 12.8 Å². The minimum absolute atomic E-state index is 0.0694. The van der Waals surface area contributed by atoms with Crippen LogP contribution in [0.4, 0.5) is 19.0 Å². The van der Waals surface area contributed by atoms with E-state index in [-0.39, 0.29) is 11.9 Å². The fourth-order valence-electron chi connectivity index (χ4n) is 1.82. The van der Waals surface area contributed by atoms with Crippen molar-refractivity contribution >= 4 is 5.82 Å². The second kappa shape index (κ2) is 4.55. The number of hydrogen-bond acceptors (Lipinski definition) is 2. The molecule has 1 heterocycles. The summed E-state index contributed by atoms with van der Waals surface area (Å²) in [6.07, 6.45) is 1.90. The van der Waals surface area contributed by atoms with Gasteiger partial charge in [-0.05, 0) is 18.8 Å². The summed E-state index contributed by atoms with van der Waals surface area (Å²) < 4.78 is 39.5. The highest BCUT2D eigenvalue weighted by Gasteiger charge is 2.32. The molecule has 0 N–H and O–H groups in total. The molecule has 1 saturated carbocycles. The molecule has 0 amide bonds. The SMILES string of the molecule is CC(C)CN(c1nc(F)c(F)cc1F)C1CC1. The minimum Gasteiger partial charge on any atom is -0.351 e. The quantitative estimate of drug-likeness (QED) is 0.756. The molecule has 0 aliphatic heterocycles. The first-order valence-electron chi connectivity index (χ1n) is 5.77. The molecule has 0 unspecified atom stereocenters. The van der Waals surface area contributed by atoms with Gasteiger partial charge in [-0.3, -0.25) is 0 Å². The van der Waals surface area contributed by atoms with Gasteiger partial charge in [0.2, 0.25) is 0 Å². The molecule has 1 aliphatic carbocycles. The first-order valence-corrected chi connectivity index (χ1v) is 5.77. The van der Waals surface area contributed by atoms with Crippen molar-refractivity contribution in [3.05, 3.63) is 23.6 Å². The predicted molar refractivity (Wildman–Crippen MR) is 59.3 cm³/mol. The van der Waals surface area contributed by atoms with E-state index >= 15 is 0 Å². The van der Waals surface area contributed by atoms with Crippen molar-refractivity contribution in [2.24, 2.45) is 5.92 Å². The van der Waals surface area contributed by atoms with Crippen LogP contribution >= 0.6 is 0 Å². The van der Waals surface area contributed by atoms with Gasteiger partial charge < -0.3 is 4.90 Å². The van der Waals surface area contributed by atoms with Crippen molar-refractivity contribution in [2.45, 2.75) is 32.7 Å². The molecule has 1 aromatic heterocycles. The highest BCUT2D eigenvalue weighted by Crippen LogP contribution is 2.33. The summed E-state index contributed by atoms with van der Waals surface area (Å²) >= 11 is 0. The molecule has 0 atom stereocenters. The van der Waals surface area contributed by atoms with Gasteiger partial charge in [-0.15, -0.1) is 0 Å². The van der Waals surface area contributed by atoms with E-state index in [0.29, 0.717) is 18.5 Å². The molecule has 0 radical (unpaired) electrons. The maximum absolute atomic E-state index is 13.6. The third-order valence-electron chi connectivity index (χ3n) is 2.69. The maximum Gasteiger partial charge on any atom is 0.251 e. The van der Waals surface area contributed by atoms with Gasteiger partial charge >= 0.3 is 0 Å². The molecule has 0 saturated heterocycles. The van der Waals surface area contributed by atoms with Crippen molar-refractivity contribution in [1.29, 1.82) is 0 Å². The van der Waals surface area contributed by atoms with E-state index < -0.39 is 17.6 Å². The average molecular weight is 244 g/mol. The molecule has 2 nitrogen and oxygen atoms in total. The molecule has 1 fully saturated rings. The van der Waals surface area contributed by atoms with Gasteiger partial charge in [0.15, 0.2) is 17.5 Å². The summed E-state index contributed by atoms with van der Waals surface area (Å²) in [6.45, 7) is 4.58. The summed E-state index contributed by atoms with van der Waals surface area (Å²) in [5.41, 5.74) is 0. The Balaban J connectivity index is 2.31. The Kier molecular flexibility index (Phi) is 3.26. The fraction of sp³-hybridized carbons (Fsp3) is 0.583. The van der Waals surface area contributed by atoms with Crippen molar-refractivity contribution in [3.63, 3.8) is 0 Å². The number of anilines is 1. The highest BCUT2D eigenvalue weighted by molar-refractivity contribution is 5.43. The first-order chi connectivity index (χ1) is 7.99. The van der Waals surface area contributed by atoms with E-state index in [9.17, 15) is 13.2 Å². The smallest absolute Gasteiger partial charge is 0.251 e. The van der Waals surface area contributed by atoms with Crippen LogP contribution in [0.1, 0.15) is 26.7 Å². The van der Waals surface area contributed by atoms with E-state index in [4.69, 9.17) is 0 Å². The van der Waals surface area contributed by atoms with E-state index in [2.05, 4.69) is 4.98 Å². The second-order valence-electron chi connectivity index (χ2n) is 4.84. The number of pyridine rings is 1. The third-order valence-corrected chi connectivity index (χ3v) is 2.69. The number of halogens is 3. The summed E-state index contributed by atoms with van der Waals surface area (Å²) in [5.74, 6) is -3.04. The van der Waals surface area contributed by atoms with Crippen molar-refractivity contribution in [2.75, 3.05) is 11.4 Å². The van der Waals surface area contributed by atoms with Crippen molar-refractivity contribution in [3.8, 4) is 0 Å². The van der Waals surface area contributed by atoms with Crippen LogP contribution in [0.2, 0.25) is 0 Å².